The lowest BCUT2D eigenvalue weighted by atomic mass is 10.2. The van der Waals surface area contributed by atoms with Crippen molar-refractivity contribution in [3.63, 3.8) is 0 Å². The maximum absolute atomic E-state index is 12.3. The van der Waals surface area contributed by atoms with Crippen molar-refractivity contribution in [3.05, 3.63) is 18.5 Å². The van der Waals surface area contributed by atoms with E-state index in [4.69, 9.17) is 0 Å². The van der Waals surface area contributed by atoms with Crippen molar-refractivity contribution >= 4 is 15.7 Å². The molecule has 0 amide bonds. The fraction of sp³-hybridized carbons (Fsp3) is 0.615. The fourth-order valence-corrected chi connectivity index (χ4v) is 3.23. The smallest absolute Gasteiger partial charge is 0.244 e. The van der Waals surface area contributed by atoms with Crippen LogP contribution in [0.5, 0.6) is 0 Å². The van der Waals surface area contributed by atoms with Gasteiger partial charge in [-0.3, -0.25) is 4.98 Å². The molecule has 0 saturated carbocycles. The molecule has 0 fully saturated rings. The summed E-state index contributed by atoms with van der Waals surface area (Å²) in [5.41, 5.74) is 0.590. The van der Waals surface area contributed by atoms with Crippen LogP contribution < -0.4 is 10.0 Å². The highest BCUT2D eigenvalue weighted by molar-refractivity contribution is 7.89. The van der Waals surface area contributed by atoms with E-state index in [0.717, 1.165) is 19.3 Å². The first-order valence-electron chi connectivity index (χ1n) is 6.71. The monoisotopic (exact) mass is 285 g/mol. The third-order valence-electron chi connectivity index (χ3n) is 2.79. The van der Waals surface area contributed by atoms with Crippen LogP contribution in [0.15, 0.2) is 23.4 Å². The zero-order valence-corrected chi connectivity index (χ0v) is 12.6. The summed E-state index contributed by atoms with van der Waals surface area (Å²) in [6.45, 7) is 6.56. The summed E-state index contributed by atoms with van der Waals surface area (Å²) in [5, 5.41) is 3.04. The highest BCUT2D eigenvalue weighted by atomic mass is 32.2. The lowest BCUT2D eigenvalue weighted by molar-refractivity contribution is 0.534. The molecule has 5 nitrogen and oxygen atoms in total. The van der Waals surface area contributed by atoms with Crippen LogP contribution in [0.4, 0.5) is 5.69 Å². The van der Waals surface area contributed by atoms with Gasteiger partial charge in [-0.25, -0.2) is 13.1 Å². The van der Waals surface area contributed by atoms with Gasteiger partial charge in [0.1, 0.15) is 4.90 Å². The minimum atomic E-state index is -3.52. The third kappa shape index (κ3) is 4.80. The second-order valence-corrected chi connectivity index (χ2v) is 6.25. The van der Waals surface area contributed by atoms with Gasteiger partial charge in [-0.15, -0.1) is 0 Å². The minimum Gasteiger partial charge on any atom is -0.384 e. The number of nitrogens with one attached hydrogen (secondary N) is 2. The number of hydrogen-bond acceptors (Lipinski definition) is 4. The van der Waals surface area contributed by atoms with Gasteiger partial charge in [0, 0.05) is 25.0 Å². The SMILES string of the molecule is CCCCC(C)NS(=O)(=O)c1cnccc1NCC. The average molecular weight is 285 g/mol. The van der Waals surface area contributed by atoms with Crippen molar-refractivity contribution < 1.29 is 8.42 Å². The molecular formula is C13H23N3O2S. The standard InChI is InChI=1S/C13H23N3O2S/c1-4-6-7-11(3)16-19(17,18)13-10-14-9-8-12(13)15-5-2/h8-11,16H,4-7H2,1-3H3,(H,14,15). The predicted octanol–water partition coefficient (Wildman–Crippen LogP) is 2.37. The van der Waals surface area contributed by atoms with Gasteiger partial charge in [0.15, 0.2) is 0 Å². The average Bonchev–Trinajstić information content (AvgIpc) is 2.37. The van der Waals surface area contributed by atoms with Crippen LogP contribution in [0.1, 0.15) is 40.0 Å². The van der Waals surface area contributed by atoms with Crippen molar-refractivity contribution in [2.45, 2.75) is 51.0 Å². The molecule has 1 atom stereocenters. The third-order valence-corrected chi connectivity index (χ3v) is 4.41. The summed E-state index contributed by atoms with van der Waals surface area (Å²) < 4.78 is 27.3. The number of anilines is 1. The molecule has 2 N–H and O–H groups in total. The quantitative estimate of drug-likeness (QED) is 0.769. The number of unbranched alkanes of at least 4 members (excludes halogenated alkanes) is 1. The van der Waals surface area contributed by atoms with E-state index in [1.54, 1.807) is 12.3 Å². The fourth-order valence-electron chi connectivity index (χ4n) is 1.83. The molecule has 0 radical (unpaired) electrons. The number of rotatable bonds is 8. The molecule has 0 aliphatic carbocycles. The minimum absolute atomic E-state index is 0.0698. The number of hydrogen-bond donors (Lipinski definition) is 2. The van der Waals surface area contributed by atoms with Crippen molar-refractivity contribution in [2.24, 2.45) is 0 Å². The van der Waals surface area contributed by atoms with Gasteiger partial charge in [-0.2, -0.15) is 0 Å². The predicted molar refractivity (Wildman–Crippen MR) is 77.7 cm³/mol. The molecule has 108 valence electrons. The molecule has 0 aromatic carbocycles. The summed E-state index contributed by atoms with van der Waals surface area (Å²) >= 11 is 0. The largest absolute Gasteiger partial charge is 0.384 e. The molecule has 1 heterocycles. The molecule has 0 saturated heterocycles. The molecular weight excluding hydrogens is 262 g/mol. The van der Waals surface area contributed by atoms with E-state index in [2.05, 4.69) is 21.9 Å². The van der Waals surface area contributed by atoms with Crippen molar-refractivity contribution in [2.75, 3.05) is 11.9 Å². The van der Waals surface area contributed by atoms with Gasteiger partial charge < -0.3 is 5.32 Å². The van der Waals surface area contributed by atoms with Crippen LogP contribution in [-0.4, -0.2) is 26.0 Å². The van der Waals surface area contributed by atoms with Gasteiger partial charge >= 0.3 is 0 Å². The van der Waals surface area contributed by atoms with E-state index in [1.807, 2.05) is 13.8 Å². The molecule has 6 heteroatoms. The molecule has 0 spiro atoms. The molecule has 1 aromatic heterocycles. The first-order chi connectivity index (χ1) is 9.01. The molecule has 0 aliphatic rings. The Kier molecular flexibility index (Phi) is 6.24. The molecule has 1 rings (SSSR count). The van der Waals surface area contributed by atoms with Gasteiger partial charge in [0.25, 0.3) is 0 Å². The number of sulfonamides is 1. The topological polar surface area (TPSA) is 71.1 Å². The number of pyridine rings is 1. The highest BCUT2D eigenvalue weighted by Crippen LogP contribution is 2.19. The molecule has 0 aliphatic heterocycles. The second-order valence-electron chi connectivity index (χ2n) is 4.57. The maximum Gasteiger partial charge on any atom is 0.244 e. The summed E-state index contributed by atoms with van der Waals surface area (Å²) in [5.74, 6) is 0. The number of nitrogens with zero attached hydrogens (tertiary/aromatic N) is 1. The van der Waals surface area contributed by atoms with Crippen LogP contribution in [0.25, 0.3) is 0 Å². The first kappa shape index (κ1) is 15.9. The second kappa shape index (κ2) is 7.45. The van der Waals surface area contributed by atoms with Crippen LogP contribution in [0.3, 0.4) is 0 Å². The zero-order valence-electron chi connectivity index (χ0n) is 11.8. The van der Waals surface area contributed by atoms with E-state index >= 15 is 0 Å². The Morgan fingerprint density at radius 1 is 1.37 bits per heavy atom. The van der Waals surface area contributed by atoms with Crippen LogP contribution in [-0.2, 0) is 10.0 Å². The van der Waals surface area contributed by atoms with E-state index in [9.17, 15) is 8.42 Å². The Balaban J connectivity index is 2.88. The van der Waals surface area contributed by atoms with Gasteiger partial charge in [0.2, 0.25) is 10.0 Å². The van der Waals surface area contributed by atoms with Crippen molar-refractivity contribution in [1.29, 1.82) is 0 Å². The van der Waals surface area contributed by atoms with Crippen molar-refractivity contribution in [1.82, 2.24) is 9.71 Å². The first-order valence-corrected chi connectivity index (χ1v) is 8.19. The number of aromatic nitrogens is 1. The Hall–Kier alpha value is -1.14. The Morgan fingerprint density at radius 3 is 2.74 bits per heavy atom. The van der Waals surface area contributed by atoms with E-state index in [-0.39, 0.29) is 10.9 Å². The normalized spacial score (nSPS) is 13.2. The summed E-state index contributed by atoms with van der Waals surface area (Å²) in [7, 11) is -3.52. The van der Waals surface area contributed by atoms with Gasteiger partial charge in [-0.05, 0) is 26.3 Å². The zero-order chi connectivity index (χ0) is 14.3. The van der Waals surface area contributed by atoms with Crippen molar-refractivity contribution in [3.8, 4) is 0 Å². The molecule has 19 heavy (non-hydrogen) atoms. The van der Waals surface area contributed by atoms with Gasteiger partial charge in [-0.1, -0.05) is 19.8 Å². The highest BCUT2D eigenvalue weighted by Gasteiger charge is 2.20. The van der Waals surface area contributed by atoms with E-state index in [1.165, 1.54) is 6.20 Å². The summed E-state index contributed by atoms with van der Waals surface area (Å²) in [6, 6.07) is 1.61. The summed E-state index contributed by atoms with van der Waals surface area (Å²) in [4.78, 5) is 4.11. The Bertz CT molecular complexity index is 488. The van der Waals surface area contributed by atoms with E-state index in [0.29, 0.717) is 12.2 Å². The maximum atomic E-state index is 12.3. The molecule has 1 aromatic rings. The summed E-state index contributed by atoms with van der Waals surface area (Å²) in [6.07, 6.45) is 5.87. The van der Waals surface area contributed by atoms with Crippen LogP contribution >= 0.6 is 0 Å². The Morgan fingerprint density at radius 2 is 2.11 bits per heavy atom. The molecule has 1 unspecified atom stereocenters. The lowest BCUT2D eigenvalue weighted by Gasteiger charge is -2.16. The molecule has 0 bridgehead atoms. The lowest BCUT2D eigenvalue weighted by Crippen LogP contribution is -2.33. The Labute approximate surface area is 115 Å². The van der Waals surface area contributed by atoms with Crippen LogP contribution in [0.2, 0.25) is 0 Å². The van der Waals surface area contributed by atoms with E-state index < -0.39 is 10.0 Å². The van der Waals surface area contributed by atoms with Crippen LogP contribution in [0, 0.1) is 0 Å². The van der Waals surface area contributed by atoms with Gasteiger partial charge in [0.05, 0.1) is 5.69 Å².